The maximum Gasteiger partial charge on any atom is 0.123 e. The average molecular weight is 353 g/mol. The highest BCUT2D eigenvalue weighted by molar-refractivity contribution is 5.86. The summed E-state index contributed by atoms with van der Waals surface area (Å²) < 4.78 is 27.2. The molecule has 0 fully saturated rings. The average Bonchev–Trinajstić information content (AvgIpc) is 3.01. The van der Waals surface area contributed by atoms with Gasteiger partial charge in [-0.15, -0.1) is 0 Å². The van der Waals surface area contributed by atoms with Gasteiger partial charge in [0.1, 0.15) is 17.9 Å². The van der Waals surface area contributed by atoms with Crippen LogP contribution in [0.4, 0.5) is 8.78 Å². The van der Waals surface area contributed by atoms with Crippen molar-refractivity contribution in [2.75, 3.05) is 13.1 Å². The summed E-state index contributed by atoms with van der Waals surface area (Å²) in [6.07, 6.45) is 4.66. The standard InChI is InChI=1S/C22H21F2NO/c1-14(26)25-10-8-16(9-11-25)21-13-20(15-2-4-17(23)5-3-15)19-7-6-18(24)12-22(19)21/h2-8,12-14,21,26H,9-11H2,1H3. The highest BCUT2D eigenvalue weighted by atomic mass is 19.1. The molecule has 2 atom stereocenters. The number of fused-ring (bicyclic) bond motifs is 1. The van der Waals surface area contributed by atoms with Crippen LogP contribution in [0.1, 0.15) is 36.0 Å². The van der Waals surface area contributed by atoms with Crippen LogP contribution in [0.5, 0.6) is 0 Å². The number of aliphatic hydroxyl groups is 1. The highest BCUT2D eigenvalue weighted by Gasteiger charge is 2.29. The molecule has 1 heterocycles. The van der Waals surface area contributed by atoms with E-state index in [1.807, 2.05) is 11.0 Å². The zero-order valence-electron chi connectivity index (χ0n) is 14.6. The SMILES string of the molecule is CC(O)N1CC=C(C2C=C(c3ccc(F)cc3)c3ccc(F)cc32)CC1. The van der Waals surface area contributed by atoms with Gasteiger partial charge in [-0.05, 0) is 59.9 Å². The fourth-order valence-electron chi connectivity index (χ4n) is 3.89. The molecule has 0 bridgehead atoms. The molecule has 2 aromatic rings. The number of benzene rings is 2. The molecule has 4 heteroatoms. The van der Waals surface area contributed by atoms with Gasteiger partial charge in [-0.3, -0.25) is 4.90 Å². The van der Waals surface area contributed by atoms with E-state index in [1.54, 1.807) is 25.1 Å². The van der Waals surface area contributed by atoms with Gasteiger partial charge in [0.25, 0.3) is 0 Å². The topological polar surface area (TPSA) is 23.5 Å². The predicted molar refractivity (Wildman–Crippen MR) is 98.6 cm³/mol. The summed E-state index contributed by atoms with van der Waals surface area (Å²) in [4.78, 5) is 2.00. The zero-order valence-corrected chi connectivity index (χ0v) is 14.6. The van der Waals surface area contributed by atoms with Gasteiger partial charge in [0.15, 0.2) is 0 Å². The van der Waals surface area contributed by atoms with E-state index in [2.05, 4.69) is 12.2 Å². The molecule has 0 spiro atoms. The van der Waals surface area contributed by atoms with E-state index >= 15 is 0 Å². The van der Waals surface area contributed by atoms with E-state index in [1.165, 1.54) is 23.8 Å². The first kappa shape index (κ1) is 17.1. The second-order valence-corrected chi connectivity index (χ2v) is 6.95. The Morgan fingerprint density at radius 2 is 1.81 bits per heavy atom. The number of rotatable bonds is 3. The number of aliphatic hydroxyl groups excluding tert-OH is 1. The van der Waals surface area contributed by atoms with Gasteiger partial charge in [-0.25, -0.2) is 8.78 Å². The summed E-state index contributed by atoms with van der Waals surface area (Å²) in [5, 5.41) is 9.74. The lowest BCUT2D eigenvalue weighted by Gasteiger charge is -2.30. The van der Waals surface area contributed by atoms with Crippen LogP contribution in [0.25, 0.3) is 5.57 Å². The second kappa shape index (κ2) is 6.78. The summed E-state index contributed by atoms with van der Waals surface area (Å²) in [6.45, 7) is 3.24. The predicted octanol–water partition coefficient (Wildman–Crippen LogP) is 4.46. The maximum atomic E-state index is 13.9. The molecule has 0 saturated carbocycles. The van der Waals surface area contributed by atoms with Gasteiger partial charge < -0.3 is 5.11 Å². The molecule has 2 aliphatic rings. The van der Waals surface area contributed by atoms with E-state index < -0.39 is 6.23 Å². The number of nitrogens with zero attached hydrogens (tertiary/aromatic N) is 1. The lowest BCUT2D eigenvalue weighted by atomic mass is 9.89. The van der Waals surface area contributed by atoms with Crippen LogP contribution < -0.4 is 0 Å². The van der Waals surface area contributed by atoms with Crippen molar-refractivity contribution in [1.82, 2.24) is 4.90 Å². The Morgan fingerprint density at radius 3 is 2.46 bits per heavy atom. The van der Waals surface area contributed by atoms with Crippen molar-refractivity contribution in [3.8, 4) is 0 Å². The smallest absolute Gasteiger partial charge is 0.123 e. The van der Waals surface area contributed by atoms with Crippen LogP contribution in [0.15, 0.2) is 60.2 Å². The van der Waals surface area contributed by atoms with Crippen molar-refractivity contribution in [3.63, 3.8) is 0 Å². The molecule has 4 rings (SSSR count). The first-order valence-corrected chi connectivity index (χ1v) is 8.91. The molecule has 26 heavy (non-hydrogen) atoms. The molecule has 1 aliphatic heterocycles. The molecule has 134 valence electrons. The molecule has 1 aliphatic carbocycles. The lowest BCUT2D eigenvalue weighted by Crippen LogP contribution is -2.36. The van der Waals surface area contributed by atoms with E-state index in [4.69, 9.17) is 0 Å². The van der Waals surface area contributed by atoms with Crippen LogP contribution in [0.3, 0.4) is 0 Å². The quantitative estimate of drug-likeness (QED) is 0.824. The van der Waals surface area contributed by atoms with Gasteiger partial charge in [-0.2, -0.15) is 0 Å². The molecule has 0 saturated heterocycles. The third-order valence-electron chi connectivity index (χ3n) is 5.33. The Balaban J connectivity index is 1.73. The van der Waals surface area contributed by atoms with Crippen molar-refractivity contribution in [1.29, 1.82) is 0 Å². The Labute approximate surface area is 152 Å². The summed E-state index contributed by atoms with van der Waals surface area (Å²) in [7, 11) is 0. The van der Waals surface area contributed by atoms with Crippen molar-refractivity contribution >= 4 is 5.57 Å². The van der Waals surface area contributed by atoms with Crippen molar-refractivity contribution in [3.05, 3.63) is 88.5 Å². The first-order valence-electron chi connectivity index (χ1n) is 8.91. The third-order valence-corrected chi connectivity index (χ3v) is 5.33. The Hall–Kier alpha value is -2.30. The minimum atomic E-state index is -0.466. The van der Waals surface area contributed by atoms with Crippen molar-refractivity contribution < 1.29 is 13.9 Å². The molecule has 0 amide bonds. The summed E-state index contributed by atoms with van der Waals surface area (Å²) in [6, 6.07) is 11.3. The van der Waals surface area contributed by atoms with Crippen LogP contribution >= 0.6 is 0 Å². The van der Waals surface area contributed by atoms with Gasteiger partial charge in [0.05, 0.1) is 0 Å². The fraction of sp³-hybridized carbons (Fsp3) is 0.273. The monoisotopic (exact) mass is 353 g/mol. The van der Waals surface area contributed by atoms with E-state index in [0.717, 1.165) is 35.2 Å². The maximum absolute atomic E-state index is 13.9. The lowest BCUT2D eigenvalue weighted by molar-refractivity contribution is 0.0246. The molecule has 0 radical (unpaired) electrons. The molecule has 2 unspecified atom stereocenters. The van der Waals surface area contributed by atoms with Crippen LogP contribution in [-0.4, -0.2) is 29.3 Å². The second-order valence-electron chi connectivity index (χ2n) is 6.95. The van der Waals surface area contributed by atoms with E-state index in [9.17, 15) is 13.9 Å². The normalized spacial score (nSPS) is 21.2. The number of allylic oxidation sites excluding steroid dienone is 1. The minimum Gasteiger partial charge on any atom is -0.379 e. The first-order chi connectivity index (χ1) is 12.5. The Kier molecular flexibility index (Phi) is 4.47. The molecule has 2 nitrogen and oxygen atoms in total. The molecule has 1 N–H and O–H groups in total. The Bertz CT molecular complexity index is 884. The highest BCUT2D eigenvalue weighted by Crippen LogP contribution is 2.44. The van der Waals surface area contributed by atoms with Crippen molar-refractivity contribution in [2.45, 2.75) is 25.5 Å². The van der Waals surface area contributed by atoms with Crippen LogP contribution in [-0.2, 0) is 0 Å². The summed E-state index contributed by atoms with van der Waals surface area (Å²) in [5.41, 5.74) is 5.15. The van der Waals surface area contributed by atoms with E-state index in [0.29, 0.717) is 6.54 Å². The van der Waals surface area contributed by atoms with Crippen LogP contribution in [0, 0.1) is 11.6 Å². The number of halogens is 2. The zero-order chi connectivity index (χ0) is 18.3. The van der Waals surface area contributed by atoms with Gasteiger partial charge in [0, 0.05) is 19.0 Å². The minimum absolute atomic E-state index is 0.0249. The fourth-order valence-corrected chi connectivity index (χ4v) is 3.89. The molecule has 0 aromatic heterocycles. The summed E-state index contributed by atoms with van der Waals surface area (Å²) >= 11 is 0. The van der Waals surface area contributed by atoms with E-state index in [-0.39, 0.29) is 17.6 Å². The number of hydrogen-bond acceptors (Lipinski definition) is 2. The number of hydrogen-bond donors (Lipinski definition) is 1. The molecule has 2 aromatic carbocycles. The third kappa shape index (κ3) is 3.11. The van der Waals surface area contributed by atoms with Crippen LogP contribution in [0.2, 0.25) is 0 Å². The Morgan fingerprint density at radius 1 is 1.08 bits per heavy atom. The summed E-state index contributed by atoms with van der Waals surface area (Å²) in [5.74, 6) is -0.488. The van der Waals surface area contributed by atoms with Gasteiger partial charge in [-0.1, -0.05) is 35.9 Å². The van der Waals surface area contributed by atoms with Crippen molar-refractivity contribution in [2.24, 2.45) is 0 Å². The van der Waals surface area contributed by atoms with Gasteiger partial charge in [0.2, 0.25) is 0 Å². The molecular weight excluding hydrogens is 332 g/mol. The van der Waals surface area contributed by atoms with Gasteiger partial charge >= 0.3 is 0 Å². The molecular formula is C22H21F2NO. The largest absolute Gasteiger partial charge is 0.379 e.